The fraction of sp³-hybridized carbons (Fsp3) is 0.500. The largest absolute Gasteiger partial charge is 0.466 e. The van der Waals surface area contributed by atoms with Gasteiger partial charge < -0.3 is 9.47 Å². The maximum Gasteiger partial charge on any atom is 0.308 e. The Kier molecular flexibility index (Phi) is 10.7. The Labute approximate surface area is 210 Å². The Hall–Kier alpha value is -2.95. The minimum atomic E-state index is -0.607. The van der Waals surface area contributed by atoms with E-state index in [1.807, 2.05) is 77.1 Å². The minimum Gasteiger partial charge on any atom is -0.466 e. The third-order valence-corrected chi connectivity index (χ3v) is 5.83. The summed E-state index contributed by atoms with van der Waals surface area (Å²) in [6, 6.07) is 18.2. The molecule has 0 radical (unpaired) electrons. The van der Waals surface area contributed by atoms with Crippen LogP contribution in [0.15, 0.2) is 54.6 Å². The lowest BCUT2D eigenvalue weighted by Gasteiger charge is -2.23. The molecule has 0 amide bonds. The summed E-state index contributed by atoms with van der Waals surface area (Å²) in [5, 5.41) is 0. The molecule has 2 rings (SSSR count). The van der Waals surface area contributed by atoms with Gasteiger partial charge in [-0.2, -0.15) is 0 Å². The van der Waals surface area contributed by atoms with E-state index in [1.54, 1.807) is 6.92 Å². The van der Waals surface area contributed by atoms with Crippen molar-refractivity contribution in [3.8, 4) is 11.1 Å². The zero-order chi connectivity index (χ0) is 26.0. The van der Waals surface area contributed by atoms with Crippen LogP contribution in [0.25, 0.3) is 11.1 Å². The molecule has 0 saturated carbocycles. The summed E-state index contributed by atoms with van der Waals surface area (Å²) in [6.45, 7) is 11.4. The summed E-state index contributed by atoms with van der Waals surface area (Å²) < 4.78 is 10.6. The van der Waals surface area contributed by atoms with Gasteiger partial charge in [-0.05, 0) is 63.1 Å². The van der Waals surface area contributed by atoms with E-state index in [0.29, 0.717) is 25.9 Å². The first-order valence-electron chi connectivity index (χ1n) is 12.5. The molecule has 0 fully saturated rings. The summed E-state index contributed by atoms with van der Waals surface area (Å²) >= 11 is 0. The molecule has 0 bridgehead atoms. The molecule has 0 N–H and O–H groups in total. The molecule has 0 aliphatic carbocycles. The molecule has 0 saturated heterocycles. The lowest BCUT2D eigenvalue weighted by atomic mass is 9.85. The number of hydrogen-bond donors (Lipinski definition) is 0. The van der Waals surface area contributed by atoms with Gasteiger partial charge in [-0.3, -0.25) is 14.4 Å². The second kappa shape index (κ2) is 13.2. The molecular formula is C30H40O5. The standard InChI is InChI=1S/C30H40O5/c1-7-34-29(33)22(3)17-21(2)18-27(31)26(20-28(32)35-30(4,5)6)19-23-13-15-25(16-14-23)24-11-9-8-10-12-24/h8-16,21-22,26H,7,17-20H2,1-6H3/t21-,22-,26?/m1/s1. The number of carbonyl (C=O) groups excluding carboxylic acids is 3. The fourth-order valence-electron chi connectivity index (χ4n) is 4.21. The summed E-state index contributed by atoms with van der Waals surface area (Å²) in [4.78, 5) is 37.9. The fourth-order valence-corrected chi connectivity index (χ4v) is 4.21. The number of carbonyl (C=O) groups is 3. The number of hydrogen-bond acceptors (Lipinski definition) is 5. The highest BCUT2D eigenvalue weighted by molar-refractivity contribution is 5.86. The number of Topliss-reactive ketones (excluding diaryl/α,β-unsaturated/α-hetero) is 1. The van der Waals surface area contributed by atoms with Gasteiger partial charge in [-0.1, -0.05) is 68.4 Å². The molecule has 0 spiro atoms. The average Bonchev–Trinajstić information content (AvgIpc) is 2.78. The first-order chi connectivity index (χ1) is 16.5. The maximum atomic E-state index is 13.3. The topological polar surface area (TPSA) is 69.7 Å². The van der Waals surface area contributed by atoms with Crippen LogP contribution in [-0.2, 0) is 30.3 Å². The second-order valence-corrected chi connectivity index (χ2v) is 10.4. The molecule has 2 aromatic carbocycles. The van der Waals surface area contributed by atoms with Crippen molar-refractivity contribution in [2.75, 3.05) is 6.61 Å². The zero-order valence-corrected chi connectivity index (χ0v) is 22.0. The van der Waals surface area contributed by atoms with Crippen LogP contribution in [0.3, 0.4) is 0 Å². The number of rotatable bonds is 12. The lowest BCUT2D eigenvalue weighted by molar-refractivity contribution is -0.157. The minimum absolute atomic E-state index is 0.00324. The van der Waals surface area contributed by atoms with Crippen molar-refractivity contribution in [3.63, 3.8) is 0 Å². The predicted octanol–water partition coefficient (Wildman–Crippen LogP) is 6.43. The van der Waals surface area contributed by atoms with Gasteiger partial charge >= 0.3 is 11.9 Å². The highest BCUT2D eigenvalue weighted by Crippen LogP contribution is 2.25. The molecule has 5 heteroatoms. The van der Waals surface area contributed by atoms with Gasteiger partial charge in [0.2, 0.25) is 0 Å². The van der Waals surface area contributed by atoms with Crippen LogP contribution >= 0.6 is 0 Å². The Bertz CT molecular complexity index is 956. The Morgan fingerprint density at radius 2 is 1.46 bits per heavy atom. The number of esters is 2. The Morgan fingerprint density at radius 1 is 0.857 bits per heavy atom. The molecule has 0 aliphatic rings. The van der Waals surface area contributed by atoms with E-state index in [0.717, 1.165) is 16.7 Å². The van der Waals surface area contributed by atoms with E-state index in [4.69, 9.17) is 9.47 Å². The first kappa shape index (κ1) is 28.3. The molecule has 0 aliphatic heterocycles. The normalized spacial score (nSPS) is 14.0. The third-order valence-electron chi connectivity index (χ3n) is 5.83. The van der Waals surface area contributed by atoms with E-state index in [9.17, 15) is 14.4 Å². The van der Waals surface area contributed by atoms with Crippen molar-refractivity contribution < 1.29 is 23.9 Å². The Morgan fingerprint density at radius 3 is 2.03 bits per heavy atom. The van der Waals surface area contributed by atoms with Gasteiger partial charge in [0.25, 0.3) is 0 Å². The van der Waals surface area contributed by atoms with E-state index >= 15 is 0 Å². The van der Waals surface area contributed by atoms with Gasteiger partial charge in [0.05, 0.1) is 18.9 Å². The van der Waals surface area contributed by atoms with Gasteiger partial charge in [0.1, 0.15) is 11.4 Å². The number of ketones is 1. The van der Waals surface area contributed by atoms with Crippen molar-refractivity contribution in [1.29, 1.82) is 0 Å². The first-order valence-corrected chi connectivity index (χ1v) is 12.5. The van der Waals surface area contributed by atoms with Crippen LogP contribution in [0.5, 0.6) is 0 Å². The van der Waals surface area contributed by atoms with Gasteiger partial charge in [0, 0.05) is 12.3 Å². The predicted molar refractivity (Wildman–Crippen MR) is 139 cm³/mol. The van der Waals surface area contributed by atoms with Crippen molar-refractivity contribution in [1.82, 2.24) is 0 Å². The molecular weight excluding hydrogens is 440 g/mol. The van der Waals surface area contributed by atoms with Crippen molar-refractivity contribution in [3.05, 3.63) is 60.2 Å². The zero-order valence-electron chi connectivity index (χ0n) is 22.0. The highest BCUT2D eigenvalue weighted by atomic mass is 16.6. The van der Waals surface area contributed by atoms with Crippen LogP contribution in [0.2, 0.25) is 0 Å². The molecule has 3 atom stereocenters. The summed E-state index contributed by atoms with van der Waals surface area (Å²) in [5.41, 5.74) is 2.62. The van der Waals surface area contributed by atoms with Crippen LogP contribution < -0.4 is 0 Å². The number of ether oxygens (including phenoxy) is 2. The van der Waals surface area contributed by atoms with Crippen LogP contribution in [0.4, 0.5) is 0 Å². The Balaban J connectivity index is 2.11. The van der Waals surface area contributed by atoms with Crippen LogP contribution in [-0.4, -0.2) is 29.9 Å². The van der Waals surface area contributed by atoms with Crippen molar-refractivity contribution in [2.24, 2.45) is 17.8 Å². The van der Waals surface area contributed by atoms with Gasteiger partial charge in [-0.25, -0.2) is 0 Å². The average molecular weight is 481 g/mol. The second-order valence-electron chi connectivity index (χ2n) is 10.4. The molecule has 0 heterocycles. The lowest BCUT2D eigenvalue weighted by Crippen LogP contribution is -2.29. The van der Waals surface area contributed by atoms with Crippen molar-refractivity contribution >= 4 is 17.7 Å². The quantitative estimate of drug-likeness (QED) is 0.328. The summed E-state index contributed by atoms with van der Waals surface area (Å²) in [7, 11) is 0. The smallest absolute Gasteiger partial charge is 0.308 e. The van der Waals surface area contributed by atoms with E-state index in [-0.39, 0.29) is 36.0 Å². The molecule has 5 nitrogen and oxygen atoms in total. The third kappa shape index (κ3) is 10.1. The molecule has 35 heavy (non-hydrogen) atoms. The molecule has 1 unspecified atom stereocenters. The van der Waals surface area contributed by atoms with E-state index in [1.165, 1.54) is 0 Å². The van der Waals surface area contributed by atoms with E-state index < -0.39 is 11.5 Å². The van der Waals surface area contributed by atoms with Crippen molar-refractivity contribution in [2.45, 2.75) is 72.8 Å². The monoisotopic (exact) mass is 480 g/mol. The SMILES string of the molecule is CCOC(=O)[C@H](C)C[C@@H](C)CC(=O)C(CC(=O)OC(C)(C)C)Cc1ccc(-c2ccccc2)cc1. The van der Waals surface area contributed by atoms with Crippen LogP contribution in [0.1, 0.15) is 66.4 Å². The summed E-state index contributed by atoms with van der Waals surface area (Å²) in [5.74, 6) is -1.34. The molecule has 0 aromatic heterocycles. The number of benzene rings is 2. The molecule has 190 valence electrons. The summed E-state index contributed by atoms with van der Waals surface area (Å²) in [6.07, 6.45) is 1.37. The van der Waals surface area contributed by atoms with Gasteiger partial charge in [-0.15, -0.1) is 0 Å². The van der Waals surface area contributed by atoms with E-state index in [2.05, 4.69) is 12.1 Å². The highest BCUT2D eigenvalue weighted by Gasteiger charge is 2.28. The van der Waals surface area contributed by atoms with Gasteiger partial charge in [0.15, 0.2) is 0 Å². The molecule has 2 aromatic rings. The van der Waals surface area contributed by atoms with Crippen LogP contribution in [0, 0.1) is 17.8 Å². The maximum absolute atomic E-state index is 13.3.